The molecule has 23 heavy (non-hydrogen) atoms. The highest BCUT2D eigenvalue weighted by atomic mass is 19.1. The van der Waals surface area contributed by atoms with Gasteiger partial charge in [0.25, 0.3) is 5.91 Å². The molecule has 0 aromatic heterocycles. The number of benzene rings is 3. The predicted molar refractivity (Wildman–Crippen MR) is 88.2 cm³/mol. The van der Waals surface area contributed by atoms with Crippen LogP contribution in [0, 0.1) is 5.82 Å². The van der Waals surface area contributed by atoms with E-state index in [9.17, 15) is 9.18 Å². The van der Waals surface area contributed by atoms with Gasteiger partial charge in [0.15, 0.2) is 0 Å². The van der Waals surface area contributed by atoms with Gasteiger partial charge in [-0.3, -0.25) is 4.79 Å². The van der Waals surface area contributed by atoms with Gasteiger partial charge in [-0.25, -0.2) is 4.39 Å². The van der Waals surface area contributed by atoms with Gasteiger partial charge in [-0.15, -0.1) is 0 Å². The second-order valence-electron chi connectivity index (χ2n) is 5.09. The number of amides is 1. The fourth-order valence-corrected chi connectivity index (χ4v) is 2.33. The Morgan fingerprint density at radius 3 is 2.52 bits per heavy atom. The Morgan fingerprint density at radius 1 is 0.957 bits per heavy atom. The summed E-state index contributed by atoms with van der Waals surface area (Å²) in [6.07, 6.45) is 0. The fraction of sp³-hybridized carbons (Fsp3) is 0.105. The van der Waals surface area contributed by atoms with Gasteiger partial charge < -0.3 is 10.1 Å². The minimum absolute atomic E-state index is 0.0400. The molecule has 0 spiro atoms. The molecular weight excluding hydrogens is 293 g/mol. The monoisotopic (exact) mass is 309 g/mol. The topological polar surface area (TPSA) is 38.3 Å². The van der Waals surface area contributed by atoms with Crippen molar-refractivity contribution in [3.8, 4) is 5.75 Å². The highest BCUT2D eigenvalue weighted by Crippen LogP contribution is 2.20. The summed E-state index contributed by atoms with van der Waals surface area (Å²) in [5, 5.41) is 4.89. The minimum Gasteiger partial charge on any atom is -0.492 e. The van der Waals surface area contributed by atoms with Crippen LogP contribution in [-0.2, 0) is 0 Å². The molecule has 0 fully saturated rings. The first-order valence-electron chi connectivity index (χ1n) is 7.38. The lowest BCUT2D eigenvalue weighted by atomic mass is 10.1. The molecule has 0 bridgehead atoms. The number of hydrogen-bond acceptors (Lipinski definition) is 2. The van der Waals surface area contributed by atoms with E-state index in [1.165, 1.54) is 12.1 Å². The first-order valence-corrected chi connectivity index (χ1v) is 7.38. The summed E-state index contributed by atoms with van der Waals surface area (Å²) >= 11 is 0. The maximum atomic E-state index is 13.5. The van der Waals surface area contributed by atoms with Gasteiger partial charge in [0.1, 0.15) is 18.2 Å². The van der Waals surface area contributed by atoms with Crippen molar-refractivity contribution in [2.24, 2.45) is 0 Å². The van der Waals surface area contributed by atoms with E-state index < -0.39 is 11.7 Å². The highest BCUT2D eigenvalue weighted by Gasteiger charge is 2.09. The Kier molecular flexibility index (Phi) is 4.52. The summed E-state index contributed by atoms with van der Waals surface area (Å²) in [5.74, 6) is -0.227. The largest absolute Gasteiger partial charge is 0.492 e. The van der Waals surface area contributed by atoms with Gasteiger partial charge in [-0.05, 0) is 35.0 Å². The molecule has 3 aromatic rings. The molecule has 0 aliphatic carbocycles. The number of halogens is 1. The Hall–Kier alpha value is -2.88. The van der Waals surface area contributed by atoms with E-state index in [0.717, 1.165) is 16.5 Å². The maximum Gasteiger partial charge on any atom is 0.254 e. The third-order valence-electron chi connectivity index (χ3n) is 3.50. The fourth-order valence-electron chi connectivity index (χ4n) is 2.33. The zero-order valence-electron chi connectivity index (χ0n) is 12.5. The highest BCUT2D eigenvalue weighted by molar-refractivity contribution is 5.94. The molecule has 0 atom stereocenters. The van der Waals surface area contributed by atoms with Gasteiger partial charge >= 0.3 is 0 Å². The van der Waals surface area contributed by atoms with Gasteiger partial charge in [-0.2, -0.15) is 0 Å². The van der Waals surface area contributed by atoms with E-state index in [1.54, 1.807) is 12.1 Å². The summed E-state index contributed by atoms with van der Waals surface area (Å²) in [5.41, 5.74) is 0.0400. The predicted octanol–water partition coefficient (Wildman–Crippen LogP) is 3.79. The number of nitrogens with one attached hydrogen (secondary N) is 1. The summed E-state index contributed by atoms with van der Waals surface area (Å²) in [6.45, 7) is 0.624. The number of carbonyl (C=O) groups excluding carboxylic acids is 1. The Bertz CT molecular complexity index is 832. The van der Waals surface area contributed by atoms with Crippen LogP contribution in [0.15, 0.2) is 66.7 Å². The lowest BCUT2D eigenvalue weighted by molar-refractivity contribution is 0.0943. The standard InChI is InChI=1S/C19H16FNO2/c20-18-8-4-3-7-17(18)19(22)21-11-12-23-16-10-9-14-5-1-2-6-15(14)13-16/h1-10,13H,11-12H2,(H,21,22). The lowest BCUT2D eigenvalue weighted by Gasteiger charge is -2.09. The van der Waals surface area contributed by atoms with Crippen molar-refractivity contribution in [3.05, 3.63) is 78.1 Å². The molecule has 1 N–H and O–H groups in total. The smallest absolute Gasteiger partial charge is 0.254 e. The summed E-state index contributed by atoms with van der Waals surface area (Å²) in [4.78, 5) is 11.8. The summed E-state index contributed by atoms with van der Waals surface area (Å²) < 4.78 is 19.1. The number of carbonyl (C=O) groups is 1. The van der Waals surface area contributed by atoms with E-state index in [0.29, 0.717) is 13.2 Å². The molecule has 0 saturated heterocycles. The van der Waals surface area contributed by atoms with Crippen LogP contribution in [0.25, 0.3) is 10.8 Å². The van der Waals surface area contributed by atoms with Crippen LogP contribution in [0.2, 0.25) is 0 Å². The maximum absolute atomic E-state index is 13.5. The van der Waals surface area contributed by atoms with Crippen molar-refractivity contribution in [1.82, 2.24) is 5.32 Å². The van der Waals surface area contributed by atoms with Crippen molar-refractivity contribution in [3.63, 3.8) is 0 Å². The normalized spacial score (nSPS) is 10.5. The zero-order chi connectivity index (χ0) is 16.1. The van der Waals surface area contributed by atoms with Crippen molar-refractivity contribution < 1.29 is 13.9 Å². The zero-order valence-corrected chi connectivity index (χ0v) is 12.5. The molecule has 4 heteroatoms. The van der Waals surface area contributed by atoms with E-state index in [1.807, 2.05) is 42.5 Å². The van der Waals surface area contributed by atoms with Gasteiger partial charge in [0.05, 0.1) is 12.1 Å². The number of fused-ring (bicyclic) bond motifs is 1. The second kappa shape index (κ2) is 6.92. The van der Waals surface area contributed by atoms with E-state index >= 15 is 0 Å². The van der Waals surface area contributed by atoms with Crippen LogP contribution in [0.3, 0.4) is 0 Å². The average molecular weight is 309 g/mol. The molecule has 3 aromatic carbocycles. The minimum atomic E-state index is -0.527. The first-order chi connectivity index (χ1) is 11.2. The first kappa shape index (κ1) is 15.0. The van der Waals surface area contributed by atoms with Crippen LogP contribution < -0.4 is 10.1 Å². The molecule has 3 rings (SSSR count). The second-order valence-corrected chi connectivity index (χ2v) is 5.09. The Morgan fingerprint density at radius 2 is 1.70 bits per heavy atom. The van der Waals surface area contributed by atoms with E-state index in [-0.39, 0.29) is 5.56 Å². The molecule has 0 aliphatic rings. The van der Waals surface area contributed by atoms with Crippen molar-refractivity contribution in [2.45, 2.75) is 0 Å². The Labute approximate surface area is 133 Å². The van der Waals surface area contributed by atoms with Gasteiger partial charge in [0.2, 0.25) is 0 Å². The van der Waals surface area contributed by atoms with Gasteiger partial charge in [0, 0.05) is 0 Å². The van der Waals surface area contributed by atoms with Crippen molar-refractivity contribution in [2.75, 3.05) is 13.2 Å². The van der Waals surface area contributed by atoms with Crippen molar-refractivity contribution in [1.29, 1.82) is 0 Å². The van der Waals surface area contributed by atoms with Crippen LogP contribution in [0.4, 0.5) is 4.39 Å². The number of ether oxygens (including phenoxy) is 1. The molecule has 1 amide bonds. The van der Waals surface area contributed by atoms with Crippen LogP contribution in [0.1, 0.15) is 10.4 Å². The number of hydrogen-bond donors (Lipinski definition) is 1. The quantitative estimate of drug-likeness (QED) is 0.728. The third kappa shape index (κ3) is 3.66. The molecular formula is C19H16FNO2. The van der Waals surface area contributed by atoms with Crippen LogP contribution in [0.5, 0.6) is 5.75 Å². The molecule has 3 nitrogen and oxygen atoms in total. The van der Waals surface area contributed by atoms with E-state index in [2.05, 4.69) is 5.32 Å². The van der Waals surface area contributed by atoms with Gasteiger partial charge in [-0.1, -0.05) is 42.5 Å². The van der Waals surface area contributed by atoms with Crippen LogP contribution >= 0.6 is 0 Å². The molecule has 0 radical (unpaired) electrons. The summed E-state index contributed by atoms with van der Waals surface area (Å²) in [7, 11) is 0. The van der Waals surface area contributed by atoms with E-state index in [4.69, 9.17) is 4.74 Å². The number of rotatable bonds is 5. The SMILES string of the molecule is O=C(NCCOc1ccc2ccccc2c1)c1ccccc1F. The molecule has 116 valence electrons. The molecule has 0 aliphatic heterocycles. The van der Waals surface area contributed by atoms with Crippen molar-refractivity contribution >= 4 is 16.7 Å². The molecule has 0 saturated carbocycles. The average Bonchev–Trinajstić information content (AvgIpc) is 2.59. The third-order valence-corrected chi connectivity index (χ3v) is 3.50. The summed E-state index contributed by atoms with van der Waals surface area (Å²) in [6, 6.07) is 19.7. The van der Waals surface area contributed by atoms with Crippen LogP contribution in [-0.4, -0.2) is 19.1 Å². The molecule has 0 unspecified atom stereocenters. The Balaban J connectivity index is 1.53. The molecule has 0 heterocycles. The lowest BCUT2D eigenvalue weighted by Crippen LogP contribution is -2.28.